The van der Waals surface area contributed by atoms with Gasteiger partial charge in [0.25, 0.3) is 0 Å². The highest BCUT2D eigenvalue weighted by Gasteiger charge is 2.42. The molecule has 1 aromatic rings. The molecule has 0 aromatic carbocycles. The summed E-state index contributed by atoms with van der Waals surface area (Å²) in [5.41, 5.74) is 0.195. The Morgan fingerprint density at radius 2 is 2.31 bits per heavy atom. The average molecular weight is 276 g/mol. The van der Waals surface area contributed by atoms with Crippen molar-refractivity contribution < 1.29 is 4.79 Å². The fraction of sp³-hybridized carbons (Fsp3) is 0.545. The Labute approximate surface area is 110 Å². The Bertz CT molecular complexity index is 387. The molecule has 1 saturated carbocycles. The van der Waals surface area contributed by atoms with Crippen LogP contribution in [0.3, 0.4) is 0 Å². The number of amides is 1. The van der Waals surface area contributed by atoms with Gasteiger partial charge in [-0.05, 0) is 36.1 Å². The number of carbonyl (C=O) groups is 1. The molecule has 1 aromatic heterocycles. The molecule has 88 valence electrons. The Balaban J connectivity index is 1.76. The highest BCUT2D eigenvalue weighted by molar-refractivity contribution is 7.80. The Kier molecular flexibility index (Phi) is 3.82. The minimum absolute atomic E-state index is 0.121. The predicted octanol–water partition coefficient (Wildman–Crippen LogP) is 3.12. The number of thiol groups is 1. The van der Waals surface area contributed by atoms with Crippen LogP contribution in [0.2, 0.25) is 4.34 Å². The lowest BCUT2D eigenvalue weighted by Gasteiger charge is -2.10. The van der Waals surface area contributed by atoms with Crippen molar-refractivity contribution in [3.63, 3.8) is 0 Å². The van der Waals surface area contributed by atoms with Gasteiger partial charge in [-0.2, -0.15) is 12.6 Å². The Morgan fingerprint density at radius 3 is 2.81 bits per heavy atom. The smallest absolute Gasteiger partial charge is 0.220 e. The van der Waals surface area contributed by atoms with Crippen molar-refractivity contribution >= 4 is 41.5 Å². The summed E-state index contributed by atoms with van der Waals surface area (Å²) in [5.74, 6) is 0.932. The summed E-state index contributed by atoms with van der Waals surface area (Å²) in [5, 5.41) is 2.92. The Hall–Kier alpha value is -0.190. The van der Waals surface area contributed by atoms with E-state index in [1.54, 1.807) is 0 Å². The van der Waals surface area contributed by atoms with Crippen LogP contribution in [-0.2, 0) is 11.3 Å². The van der Waals surface area contributed by atoms with E-state index in [0.717, 1.165) is 27.8 Å². The lowest BCUT2D eigenvalue weighted by atomic mass is 10.1. The zero-order valence-corrected chi connectivity index (χ0v) is 11.3. The lowest BCUT2D eigenvalue weighted by Crippen LogP contribution is -2.25. The minimum Gasteiger partial charge on any atom is -0.351 e. The first-order chi connectivity index (χ1) is 7.63. The molecule has 2 rings (SSSR count). The molecular weight excluding hydrogens is 262 g/mol. The normalized spacial score (nSPS) is 17.1. The topological polar surface area (TPSA) is 29.1 Å². The van der Waals surface area contributed by atoms with E-state index in [4.69, 9.17) is 11.6 Å². The first-order valence-electron chi connectivity index (χ1n) is 5.25. The molecule has 1 aliphatic rings. The van der Waals surface area contributed by atoms with Gasteiger partial charge in [-0.1, -0.05) is 11.6 Å². The highest BCUT2D eigenvalue weighted by Crippen LogP contribution is 2.49. The second kappa shape index (κ2) is 4.98. The highest BCUT2D eigenvalue weighted by atomic mass is 35.5. The summed E-state index contributed by atoms with van der Waals surface area (Å²) >= 11 is 11.6. The van der Waals surface area contributed by atoms with E-state index >= 15 is 0 Å². The molecule has 0 atom stereocenters. The first kappa shape index (κ1) is 12.3. The Morgan fingerprint density at radius 1 is 1.56 bits per heavy atom. The SMILES string of the molecule is O=C(CC1(CS)CC1)NCc1ccc(Cl)s1. The molecule has 5 heteroatoms. The van der Waals surface area contributed by atoms with Gasteiger partial charge in [0.2, 0.25) is 5.91 Å². The van der Waals surface area contributed by atoms with Gasteiger partial charge in [-0.15, -0.1) is 11.3 Å². The van der Waals surface area contributed by atoms with E-state index in [-0.39, 0.29) is 11.3 Å². The minimum atomic E-state index is 0.121. The molecule has 1 aliphatic carbocycles. The summed E-state index contributed by atoms with van der Waals surface area (Å²) in [7, 11) is 0. The van der Waals surface area contributed by atoms with Crippen molar-refractivity contribution in [1.82, 2.24) is 5.32 Å². The van der Waals surface area contributed by atoms with Gasteiger partial charge in [0.1, 0.15) is 0 Å². The van der Waals surface area contributed by atoms with Crippen molar-refractivity contribution in [1.29, 1.82) is 0 Å². The fourth-order valence-corrected chi connectivity index (χ4v) is 3.06. The maximum Gasteiger partial charge on any atom is 0.220 e. The summed E-state index contributed by atoms with van der Waals surface area (Å²) in [6.07, 6.45) is 2.87. The van der Waals surface area contributed by atoms with Gasteiger partial charge in [0.15, 0.2) is 0 Å². The summed E-state index contributed by atoms with van der Waals surface area (Å²) in [4.78, 5) is 12.8. The van der Waals surface area contributed by atoms with Crippen LogP contribution in [0.25, 0.3) is 0 Å². The molecular formula is C11H14ClNOS2. The van der Waals surface area contributed by atoms with Crippen LogP contribution < -0.4 is 5.32 Å². The second-order valence-corrected chi connectivity index (χ2v) is 6.43. The summed E-state index contributed by atoms with van der Waals surface area (Å²) in [6.45, 7) is 0.582. The van der Waals surface area contributed by atoms with Crippen LogP contribution in [0.15, 0.2) is 12.1 Å². The van der Waals surface area contributed by atoms with Crippen molar-refractivity contribution in [3.05, 3.63) is 21.3 Å². The van der Waals surface area contributed by atoms with Crippen molar-refractivity contribution in [3.8, 4) is 0 Å². The maximum absolute atomic E-state index is 11.7. The molecule has 1 fully saturated rings. The van der Waals surface area contributed by atoms with Crippen LogP contribution in [-0.4, -0.2) is 11.7 Å². The molecule has 16 heavy (non-hydrogen) atoms. The van der Waals surface area contributed by atoms with Crippen LogP contribution in [0.1, 0.15) is 24.1 Å². The quantitative estimate of drug-likeness (QED) is 0.795. The average Bonchev–Trinajstić information content (AvgIpc) is 2.91. The predicted molar refractivity (Wildman–Crippen MR) is 71.3 cm³/mol. The van der Waals surface area contributed by atoms with Crippen LogP contribution in [0.5, 0.6) is 0 Å². The van der Waals surface area contributed by atoms with E-state index in [2.05, 4.69) is 17.9 Å². The summed E-state index contributed by atoms with van der Waals surface area (Å²) < 4.78 is 0.762. The van der Waals surface area contributed by atoms with Crippen molar-refractivity contribution in [2.45, 2.75) is 25.8 Å². The number of hydrogen-bond donors (Lipinski definition) is 2. The van der Waals surface area contributed by atoms with Gasteiger partial charge in [-0.25, -0.2) is 0 Å². The number of hydrogen-bond acceptors (Lipinski definition) is 3. The third kappa shape index (κ3) is 3.15. The van der Waals surface area contributed by atoms with E-state index < -0.39 is 0 Å². The third-order valence-electron chi connectivity index (χ3n) is 2.92. The molecule has 2 nitrogen and oxygen atoms in total. The van der Waals surface area contributed by atoms with Gasteiger partial charge < -0.3 is 5.32 Å². The summed E-state index contributed by atoms with van der Waals surface area (Å²) in [6, 6.07) is 3.79. The van der Waals surface area contributed by atoms with Crippen LogP contribution >= 0.6 is 35.6 Å². The number of rotatable bonds is 5. The number of thiophene rings is 1. The standard InChI is InChI=1S/C11H14ClNOS2/c12-9-2-1-8(16-9)6-13-10(14)5-11(7-15)3-4-11/h1-2,15H,3-7H2,(H,13,14). The molecule has 1 amide bonds. The van der Waals surface area contributed by atoms with Crippen LogP contribution in [0, 0.1) is 5.41 Å². The monoisotopic (exact) mass is 275 g/mol. The fourth-order valence-electron chi connectivity index (χ4n) is 1.60. The van der Waals surface area contributed by atoms with Gasteiger partial charge in [0, 0.05) is 11.3 Å². The van der Waals surface area contributed by atoms with Gasteiger partial charge in [0.05, 0.1) is 10.9 Å². The van der Waals surface area contributed by atoms with E-state index in [0.29, 0.717) is 13.0 Å². The van der Waals surface area contributed by atoms with Gasteiger partial charge >= 0.3 is 0 Å². The largest absolute Gasteiger partial charge is 0.351 e. The molecule has 0 radical (unpaired) electrons. The number of nitrogens with one attached hydrogen (secondary N) is 1. The number of carbonyl (C=O) groups excluding carboxylic acids is 1. The van der Waals surface area contributed by atoms with Crippen LogP contribution in [0.4, 0.5) is 0 Å². The zero-order valence-electron chi connectivity index (χ0n) is 8.83. The van der Waals surface area contributed by atoms with Gasteiger partial charge in [-0.3, -0.25) is 4.79 Å². The van der Waals surface area contributed by atoms with Crippen molar-refractivity contribution in [2.75, 3.05) is 5.75 Å². The molecule has 0 unspecified atom stereocenters. The second-order valence-electron chi connectivity index (χ2n) is 4.32. The number of halogens is 1. The maximum atomic E-state index is 11.7. The third-order valence-corrected chi connectivity index (χ3v) is 4.82. The first-order valence-corrected chi connectivity index (χ1v) is 7.08. The van der Waals surface area contributed by atoms with E-state index in [1.807, 2.05) is 12.1 Å². The molecule has 1 heterocycles. The lowest BCUT2D eigenvalue weighted by molar-refractivity contribution is -0.122. The zero-order chi connectivity index (χ0) is 11.6. The molecule has 1 N–H and O–H groups in total. The van der Waals surface area contributed by atoms with E-state index in [9.17, 15) is 4.79 Å². The van der Waals surface area contributed by atoms with E-state index in [1.165, 1.54) is 11.3 Å². The van der Waals surface area contributed by atoms with Crippen molar-refractivity contribution in [2.24, 2.45) is 5.41 Å². The molecule has 0 bridgehead atoms. The molecule has 0 saturated heterocycles. The molecule has 0 spiro atoms. The molecule has 0 aliphatic heterocycles.